The molecule has 114 valence electrons. The van der Waals surface area contributed by atoms with Gasteiger partial charge in [0.05, 0.1) is 13.2 Å². The number of nitrogens with one attached hydrogen (secondary N) is 1. The van der Waals surface area contributed by atoms with E-state index in [1.807, 2.05) is 17.9 Å². The van der Waals surface area contributed by atoms with Gasteiger partial charge in [-0.05, 0) is 18.6 Å². The van der Waals surface area contributed by atoms with Crippen molar-refractivity contribution in [2.75, 3.05) is 44.3 Å². The molecular weight excluding hydrogens is 266 g/mol. The maximum absolute atomic E-state index is 12.7. The van der Waals surface area contributed by atoms with Gasteiger partial charge >= 0.3 is 0 Å². The number of para-hydroxylation sites is 1. The number of hydrogen-bond donors (Lipinski definition) is 1. The third-order valence-electron chi connectivity index (χ3n) is 4.29. The smallest absolute Gasteiger partial charge is 0.245 e. The average Bonchev–Trinajstić information content (AvgIpc) is 2.77. The molecule has 2 heterocycles. The van der Waals surface area contributed by atoms with Crippen molar-refractivity contribution in [3.63, 3.8) is 0 Å². The minimum atomic E-state index is -0.135. The Balaban J connectivity index is 1.80. The van der Waals surface area contributed by atoms with Crippen molar-refractivity contribution in [2.45, 2.75) is 19.5 Å². The zero-order valence-electron chi connectivity index (χ0n) is 12.5. The highest BCUT2D eigenvalue weighted by atomic mass is 16.5. The van der Waals surface area contributed by atoms with Crippen molar-refractivity contribution < 1.29 is 9.53 Å². The number of carbonyl (C=O) groups excluding carboxylic acids is 1. The van der Waals surface area contributed by atoms with Crippen LogP contribution in [0.3, 0.4) is 0 Å². The first-order valence-corrected chi connectivity index (χ1v) is 7.69. The fourth-order valence-electron chi connectivity index (χ4n) is 3.07. The zero-order valence-corrected chi connectivity index (χ0v) is 12.5. The van der Waals surface area contributed by atoms with Gasteiger partial charge in [-0.3, -0.25) is 4.79 Å². The Kier molecular flexibility index (Phi) is 4.41. The number of nitrogens with zero attached hydrogens (tertiary/aromatic N) is 2. The predicted octanol–water partition coefficient (Wildman–Crippen LogP) is 0.844. The summed E-state index contributed by atoms with van der Waals surface area (Å²) in [5.74, 6) is 0.204. The lowest BCUT2D eigenvalue weighted by Gasteiger charge is -2.35. The van der Waals surface area contributed by atoms with E-state index >= 15 is 0 Å². The molecule has 0 saturated carbocycles. The highest BCUT2D eigenvalue weighted by Crippen LogP contribution is 2.24. The quantitative estimate of drug-likeness (QED) is 0.876. The SMILES string of the molecule is CC(C(=O)N1CCOCC1)N1CCNCc2ccccc21. The summed E-state index contributed by atoms with van der Waals surface area (Å²) in [5, 5.41) is 3.42. The Labute approximate surface area is 125 Å². The van der Waals surface area contributed by atoms with Crippen LogP contribution in [0, 0.1) is 0 Å². The van der Waals surface area contributed by atoms with Crippen LogP contribution in [0.1, 0.15) is 12.5 Å². The number of carbonyl (C=O) groups is 1. The molecule has 1 saturated heterocycles. The largest absolute Gasteiger partial charge is 0.378 e. The lowest BCUT2D eigenvalue weighted by molar-refractivity contribution is -0.136. The fraction of sp³-hybridized carbons (Fsp3) is 0.562. The van der Waals surface area contributed by atoms with Crippen LogP contribution in [-0.2, 0) is 16.1 Å². The standard InChI is InChI=1S/C16H23N3O2/c1-13(16(20)18-8-10-21-11-9-18)19-7-6-17-12-14-4-2-3-5-15(14)19/h2-5,13,17H,6-12H2,1H3. The molecule has 3 rings (SSSR count). The van der Waals surface area contributed by atoms with E-state index < -0.39 is 0 Å². The molecule has 1 aromatic rings. The van der Waals surface area contributed by atoms with E-state index in [2.05, 4.69) is 28.4 Å². The molecule has 0 aromatic heterocycles. The van der Waals surface area contributed by atoms with Gasteiger partial charge in [-0.1, -0.05) is 18.2 Å². The lowest BCUT2D eigenvalue weighted by atomic mass is 10.1. The highest BCUT2D eigenvalue weighted by Gasteiger charge is 2.29. The number of hydrogen-bond acceptors (Lipinski definition) is 4. The second kappa shape index (κ2) is 6.45. The van der Waals surface area contributed by atoms with Crippen LogP contribution >= 0.6 is 0 Å². The number of morpholine rings is 1. The Morgan fingerprint density at radius 2 is 2.00 bits per heavy atom. The molecule has 1 N–H and O–H groups in total. The molecule has 0 bridgehead atoms. The van der Waals surface area contributed by atoms with Crippen molar-refractivity contribution in [3.05, 3.63) is 29.8 Å². The van der Waals surface area contributed by atoms with E-state index in [1.165, 1.54) is 11.3 Å². The molecule has 21 heavy (non-hydrogen) atoms. The number of anilines is 1. The second-order valence-corrected chi connectivity index (χ2v) is 5.61. The van der Waals surface area contributed by atoms with E-state index in [-0.39, 0.29) is 11.9 Å². The van der Waals surface area contributed by atoms with E-state index in [0.717, 1.165) is 19.6 Å². The third-order valence-corrected chi connectivity index (χ3v) is 4.29. The molecule has 1 aromatic carbocycles. The Morgan fingerprint density at radius 3 is 2.81 bits per heavy atom. The van der Waals surface area contributed by atoms with Crippen molar-refractivity contribution >= 4 is 11.6 Å². The van der Waals surface area contributed by atoms with Gasteiger partial charge in [-0.25, -0.2) is 0 Å². The van der Waals surface area contributed by atoms with E-state index in [9.17, 15) is 4.79 Å². The molecule has 5 nitrogen and oxygen atoms in total. The first-order valence-electron chi connectivity index (χ1n) is 7.69. The molecule has 1 amide bonds. The normalized spacial score (nSPS) is 20.6. The second-order valence-electron chi connectivity index (χ2n) is 5.61. The number of rotatable bonds is 2. The number of fused-ring (bicyclic) bond motifs is 1. The van der Waals surface area contributed by atoms with Crippen molar-refractivity contribution in [2.24, 2.45) is 0 Å². The fourth-order valence-corrected chi connectivity index (χ4v) is 3.07. The number of amides is 1. The van der Waals surface area contributed by atoms with Crippen LogP contribution in [-0.4, -0.2) is 56.2 Å². The van der Waals surface area contributed by atoms with Crippen molar-refractivity contribution in [1.82, 2.24) is 10.2 Å². The molecule has 1 fully saturated rings. The van der Waals surface area contributed by atoms with Crippen molar-refractivity contribution in [1.29, 1.82) is 0 Å². The summed E-state index contributed by atoms with van der Waals surface area (Å²) in [6, 6.07) is 8.21. The monoisotopic (exact) mass is 289 g/mol. The molecule has 1 unspecified atom stereocenters. The Morgan fingerprint density at radius 1 is 1.24 bits per heavy atom. The molecule has 0 radical (unpaired) electrons. The van der Waals surface area contributed by atoms with Crippen LogP contribution in [0.25, 0.3) is 0 Å². The molecule has 1 atom stereocenters. The van der Waals surface area contributed by atoms with Gasteiger partial charge in [0, 0.05) is 38.4 Å². The zero-order chi connectivity index (χ0) is 14.7. The minimum absolute atomic E-state index is 0.135. The summed E-state index contributed by atoms with van der Waals surface area (Å²) in [4.78, 5) is 16.9. The summed E-state index contributed by atoms with van der Waals surface area (Å²) in [7, 11) is 0. The van der Waals surface area contributed by atoms with Gasteiger partial charge in [0.2, 0.25) is 5.91 Å². The van der Waals surface area contributed by atoms with Gasteiger partial charge in [0.15, 0.2) is 0 Å². The van der Waals surface area contributed by atoms with Crippen LogP contribution in [0.5, 0.6) is 0 Å². The van der Waals surface area contributed by atoms with E-state index in [4.69, 9.17) is 4.74 Å². The van der Waals surface area contributed by atoms with E-state index in [0.29, 0.717) is 26.3 Å². The van der Waals surface area contributed by atoms with Crippen LogP contribution in [0.15, 0.2) is 24.3 Å². The summed E-state index contributed by atoms with van der Waals surface area (Å²) < 4.78 is 5.33. The van der Waals surface area contributed by atoms with Crippen LogP contribution in [0.4, 0.5) is 5.69 Å². The first-order chi connectivity index (χ1) is 10.3. The predicted molar refractivity (Wildman–Crippen MR) is 82.4 cm³/mol. The minimum Gasteiger partial charge on any atom is -0.378 e. The van der Waals surface area contributed by atoms with Crippen LogP contribution < -0.4 is 10.2 Å². The summed E-state index contributed by atoms with van der Waals surface area (Å²) in [6.07, 6.45) is 0. The topological polar surface area (TPSA) is 44.8 Å². The number of benzene rings is 1. The molecular formula is C16H23N3O2. The van der Waals surface area contributed by atoms with E-state index in [1.54, 1.807) is 0 Å². The van der Waals surface area contributed by atoms with Gasteiger partial charge in [-0.2, -0.15) is 0 Å². The van der Waals surface area contributed by atoms with Gasteiger partial charge in [0.1, 0.15) is 6.04 Å². The molecule has 0 aliphatic carbocycles. The average molecular weight is 289 g/mol. The number of ether oxygens (including phenoxy) is 1. The summed E-state index contributed by atoms with van der Waals surface area (Å²) in [5.41, 5.74) is 2.44. The van der Waals surface area contributed by atoms with Gasteiger partial charge < -0.3 is 19.9 Å². The Bertz CT molecular complexity index is 500. The van der Waals surface area contributed by atoms with Crippen molar-refractivity contribution in [3.8, 4) is 0 Å². The van der Waals surface area contributed by atoms with Crippen LogP contribution in [0.2, 0.25) is 0 Å². The molecule has 0 spiro atoms. The summed E-state index contributed by atoms with van der Waals surface area (Å²) in [6.45, 7) is 7.34. The maximum Gasteiger partial charge on any atom is 0.245 e. The van der Waals surface area contributed by atoms with Gasteiger partial charge in [0.25, 0.3) is 0 Å². The molecule has 2 aliphatic rings. The maximum atomic E-state index is 12.7. The molecule has 5 heteroatoms. The van der Waals surface area contributed by atoms with Gasteiger partial charge in [-0.15, -0.1) is 0 Å². The molecule has 2 aliphatic heterocycles. The third kappa shape index (κ3) is 3.04. The summed E-state index contributed by atoms with van der Waals surface area (Å²) >= 11 is 0. The Hall–Kier alpha value is -1.59. The highest BCUT2D eigenvalue weighted by molar-refractivity contribution is 5.85. The first kappa shape index (κ1) is 14.4. The lowest BCUT2D eigenvalue weighted by Crippen LogP contribution is -2.51.